The molecule has 3 rings (SSSR count). The largest absolute Gasteiger partial charge is 0.338 e. The molecule has 2 aliphatic carbocycles. The molecule has 2 aliphatic rings. The van der Waals surface area contributed by atoms with Crippen LogP contribution in [0.1, 0.15) is 25.7 Å². The minimum absolute atomic E-state index is 0.00292. The van der Waals surface area contributed by atoms with Crippen LogP contribution in [0.5, 0.6) is 0 Å². The number of anilines is 1. The Morgan fingerprint density at radius 2 is 2.10 bits per heavy atom. The molecule has 0 spiro atoms. The molecule has 0 saturated heterocycles. The van der Waals surface area contributed by atoms with Crippen molar-refractivity contribution >= 4 is 11.7 Å². The zero-order chi connectivity index (χ0) is 14.1. The third-order valence-corrected chi connectivity index (χ3v) is 4.59. The van der Waals surface area contributed by atoms with Crippen LogP contribution in [-0.4, -0.2) is 12.6 Å². The molecule has 0 unspecified atom stereocenters. The van der Waals surface area contributed by atoms with Gasteiger partial charge in [-0.15, -0.1) is 0 Å². The molecule has 3 nitrogen and oxygen atoms in total. The minimum atomic E-state index is -0.764. The summed E-state index contributed by atoms with van der Waals surface area (Å²) in [5, 5.41) is 5.20. The highest BCUT2D eigenvalue weighted by atomic mass is 19.1. The quantitative estimate of drug-likeness (QED) is 0.874. The van der Waals surface area contributed by atoms with Crippen LogP contribution in [0.3, 0.4) is 0 Å². The number of halogens is 2. The molecule has 20 heavy (non-hydrogen) atoms. The third kappa shape index (κ3) is 2.76. The number of urea groups is 1. The molecule has 0 aromatic heterocycles. The second kappa shape index (κ2) is 5.38. The van der Waals surface area contributed by atoms with E-state index in [0.717, 1.165) is 24.0 Å². The van der Waals surface area contributed by atoms with Gasteiger partial charge in [0.2, 0.25) is 0 Å². The Morgan fingerprint density at radius 1 is 1.25 bits per heavy atom. The topological polar surface area (TPSA) is 41.1 Å². The first-order valence-corrected chi connectivity index (χ1v) is 7.11. The van der Waals surface area contributed by atoms with E-state index < -0.39 is 17.7 Å². The molecule has 1 aromatic rings. The molecule has 2 bridgehead atoms. The van der Waals surface area contributed by atoms with Crippen molar-refractivity contribution < 1.29 is 13.6 Å². The summed E-state index contributed by atoms with van der Waals surface area (Å²) < 4.78 is 26.1. The molecule has 0 radical (unpaired) electrons. The number of hydrogen-bond acceptors (Lipinski definition) is 1. The lowest BCUT2D eigenvalue weighted by Gasteiger charge is -2.21. The molecule has 0 heterocycles. The summed E-state index contributed by atoms with van der Waals surface area (Å²) in [4.78, 5) is 11.7. The van der Waals surface area contributed by atoms with Crippen LogP contribution in [0, 0.1) is 29.4 Å². The SMILES string of the molecule is O=C(NC[C@H]1C[C@H]2CC[C@H]1C2)Nc1ccc(F)cc1F. The highest BCUT2D eigenvalue weighted by molar-refractivity contribution is 5.89. The van der Waals surface area contributed by atoms with Crippen molar-refractivity contribution in [2.24, 2.45) is 17.8 Å². The number of benzene rings is 1. The Hall–Kier alpha value is -1.65. The van der Waals surface area contributed by atoms with E-state index in [4.69, 9.17) is 0 Å². The number of carbonyl (C=O) groups is 1. The van der Waals surface area contributed by atoms with E-state index in [2.05, 4.69) is 10.6 Å². The van der Waals surface area contributed by atoms with Crippen LogP contribution >= 0.6 is 0 Å². The number of nitrogens with one attached hydrogen (secondary N) is 2. The molecule has 2 fully saturated rings. The first-order valence-electron chi connectivity index (χ1n) is 7.11. The van der Waals surface area contributed by atoms with Crippen molar-refractivity contribution in [1.29, 1.82) is 0 Å². The van der Waals surface area contributed by atoms with Gasteiger partial charge in [0.05, 0.1) is 5.69 Å². The van der Waals surface area contributed by atoms with Gasteiger partial charge in [0.15, 0.2) is 0 Å². The van der Waals surface area contributed by atoms with Crippen molar-refractivity contribution in [2.45, 2.75) is 25.7 Å². The van der Waals surface area contributed by atoms with Gasteiger partial charge in [-0.2, -0.15) is 0 Å². The average Bonchev–Trinajstić information content (AvgIpc) is 3.02. The summed E-state index contributed by atoms with van der Waals surface area (Å²) in [6, 6.07) is 2.67. The summed E-state index contributed by atoms with van der Waals surface area (Å²) in [6.07, 6.45) is 5.08. The van der Waals surface area contributed by atoms with Crippen LogP contribution in [-0.2, 0) is 0 Å². The number of rotatable bonds is 3. The van der Waals surface area contributed by atoms with E-state index in [9.17, 15) is 13.6 Å². The van der Waals surface area contributed by atoms with Gasteiger partial charge >= 0.3 is 6.03 Å². The first-order chi connectivity index (χ1) is 9.61. The van der Waals surface area contributed by atoms with Crippen LogP contribution in [0.25, 0.3) is 0 Å². The molecule has 5 heteroatoms. The van der Waals surface area contributed by atoms with Crippen LogP contribution in [0.4, 0.5) is 19.3 Å². The van der Waals surface area contributed by atoms with Gasteiger partial charge in [0.1, 0.15) is 11.6 Å². The Labute approximate surface area is 116 Å². The molecule has 1 aromatic carbocycles. The predicted molar refractivity (Wildman–Crippen MR) is 72.3 cm³/mol. The Kier molecular flexibility index (Phi) is 3.59. The summed E-state index contributed by atoms with van der Waals surface area (Å²) in [5.41, 5.74) is -0.00292. The Morgan fingerprint density at radius 3 is 2.75 bits per heavy atom. The van der Waals surface area contributed by atoms with Gasteiger partial charge in [0, 0.05) is 12.6 Å². The normalized spacial score (nSPS) is 27.6. The Balaban J connectivity index is 1.50. The van der Waals surface area contributed by atoms with Crippen molar-refractivity contribution in [3.63, 3.8) is 0 Å². The summed E-state index contributed by atoms with van der Waals surface area (Å²) in [6.45, 7) is 0.635. The van der Waals surface area contributed by atoms with Crippen molar-refractivity contribution in [1.82, 2.24) is 5.32 Å². The van der Waals surface area contributed by atoms with Gasteiger partial charge in [-0.3, -0.25) is 0 Å². The average molecular weight is 280 g/mol. The number of amides is 2. The smallest absolute Gasteiger partial charge is 0.319 e. The monoisotopic (exact) mass is 280 g/mol. The molecule has 2 N–H and O–H groups in total. The zero-order valence-electron chi connectivity index (χ0n) is 11.2. The molecule has 108 valence electrons. The lowest BCUT2D eigenvalue weighted by molar-refractivity contribution is 0.245. The van der Waals surface area contributed by atoms with Crippen molar-refractivity contribution in [3.8, 4) is 0 Å². The van der Waals surface area contributed by atoms with Gasteiger partial charge in [-0.25, -0.2) is 13.6 Å². The maximum atomic E-state index is 13.4. The highest BCUT2D eigenvalue weighted by Crippen LogP contribution is 2.47. The summed E-state index contributed by atoms with van der Waals surface area (Å²) in [7, 11) is 0. The summed E-state index contributed by atoms with van der Waals surface area (Å²) in [5.74, 6) is 0.709. The highest BCUT2D eigenvalue weighted by Gasteiger charge is 2.39. The number of hydrogen-bond donors (Lipinski definition) is 2. The van der Waals surface area contributed by atoms with Gasteiger partial charge < -0.3 is 10.6 Å². The maximum absolute atomic E-state index is 13.4. The lowest BCUT2D eigenvalue weighted by Crippen LogP contribution is -2.34. The Bertz CT molecular complexity index is 521. The second-order valence-corrected chi connectivity index (χ2v) is 5.89. The molecule has 2 saturated carbocycles. The van der Waals surface area contributed by atoms with Crippen LogP contribution in [0.2, 0.25) is 0 Å². The third-order valence-electron chi connectivity index (χ3n) is 4.59. The minimum Gasteiger partial charge on any atom is -0.338 e. The predicted octanol–water partition coefficient (Wildman–Crippen LogP) is 3.52. The van der Waals surface area contributed by atoms with Gasteiger partial charge in [-0.1, -0.05) is 6.42 Å². The van der Waals surface area contributed by atoms with E-state index in [1.807, 2.05) is 0 Å². The molecule has 0 aliphatic heterocycles. The molecular weight excluding hydrogens is 262 g/mol. The van der Waals surface area contributed by atoms with Gasteiger partial charge in [-0.05, 0) is 49.1 Å². The number of carbonyl (C=O) groups excluding carboxylic acids is 1. The lowest BCUT2D eigenvalue weighted by atomic mass is 9.89. The van der Waals surface area contributed by atoms with E-state index in [1.54, 1.807) is 0 Å². The maximum Gasteiger partial charge on any atom is 0.319 e. The fraction of sp³-hybridized carbons (Fsp3) is 0.533. The van der Waals surface area contributed by atoms with Gasteiger partial charge in [0.25, 0.3) is 0 Å². The van der Waals surface area contributed by atoms with E-state index in [1.165, 1.54) is 31.7 Å². The second-order valence-electron chi connectivity index (χ2n) is 5.89. The van der Waals surface area contributed by atoms with Crippen LogP contribution < -0.4 is 10.6 Å². The molecular formula is C15H18F2N2O. The first kappa shape index (κ1) is 13.3. The zero-order valence-corrected chi connectivity index (χ0v) is 11.2. The fourth-order valence-corrected chi connectivity index (χ4v) is 3.61. The van der Waals surface area contributed by atoms with E-state index >= 15 is 0 Å². The van der Waals surface area contributed by atoms with Crippen molar-refractivity contribution in [2.75, 3.05) is 11.9 Å². The molecule has 3 atom stereocenters. The molecule has 2 amide bonds. The standard InChI is InChI=1S/C15H18F2N2O/c16-12-3-4-14(13(17)7-12)19-15(20)18-8-11-6-9-1-2-10(11)5-9/h3-4,7,9-11H,1-2,5-6,8H2,(H2,18,19,20)/t9-,10-,11+/m0/s1. The summed E-state index contributed by atoms with van der Waals surface area (Å²) >= 11 is 0. The fourth-order valence-electron chi connectivity index (χ4n) is 3.61. The van der Waals surface area contributed by atoms with E-state index in [-0.39, 0.29) is 5.69 Å². The number of fused-ring (bicyclic) bond motifs is 2. The van der Waals surface area contributed by atoms with Crippen LogP contribution in [0.15, 0.2) is 18.2 Å². The van der Waals surface area contributed by atoms with E-state index in [0.29, 0.717) is 12.5 Å². The van der Waals surface area contributed by atoms with Crippen molar-refractivity contribution in [3.05, 3.63) is 29.8 Å².